The van der Waals surface area contributed by atoms with Gasteiger partial charge >= 0.3 is 0 Å². The van der Waals surface area contributed by atoms with Crippen molar-refractivity contribution in [1.29, 1.82) is 0 Å². The summed E-state index contributed by atoms with van der Waals surface area (Å²) in [4.78, 5) is 12.8. The minimum Gasteiger partial charge on any atom is -0.490 e. The van der Waals surface area contributed by atoms with Crippen LogP contribution >= 0.6 is 15.9 Å². The van der Waals surface area contributed by atoms with Gasteiger partial charge in [-0.3, -0.25) is 4.79 Å². The van der Waals surface area contributed by atoms with Gasteiger partial charge in [-0.1, -0.05) is 29.8 Å². The molecule has 0 saturated carbocycles. The van der Waals surface area contributed by atoms with Gasteiger partial charge in [-0.15, -0.1) is 0 Å². The highest BCUT2D eigenvalue weighted by Crippen LogP contribution is 2.30. The average Bonchev–Trinajstić information content (AvgIpc) is 3.29. The van der Waals surface area contributed by atoms with E-state index in [0.29, 0.717) is 23.5 Å². The maximum absolute atomic E-state index is 12.8. The van der Waals surface area contributed by atoms with Gasteiger partial charge in [0, 0.05) is 10.0 Å². The van der Waals surface area contributed by atoms with Gasteiger partial charge in [0.2, 0.25) is 0 Å². The molecule has 0 aromatic heterocycles. The zero-order chi connectivity index (χ0) is 14.8. The molecule has 0 N–H and O–H groups in total. The number of epoxide rings is 1. The van der Waals surface area contributed by atoms with Crippen LogP contribution in [0, 0.1) is 6.92 Å². The third-order valence-corrected chi connectivity index (χ3v) is 3.97. The van der Waals surface area contributed by atoms with Gasteiger partial charge in [0.25, 0.3) is 0 Å². The molecule has 0 aliphatic carbocycles. The van der Waals surface area contributed by atoms with Crippen LogP contribution in [0.1, 0.15) is 21.5 Å². The van der Waals surface area contributed by atoms with E-state index in [1.54, 1.807) is 0 Å². The first kappa shape index (κ1) is 14.3. The van der Waals surface area contributed by atoms with Gasteiger partial charge in [-0.25, -0.2) is 0 Å². The number of halogens is 1. The van der Waals surface area contributed by atoms with E-state index >= 15 is 0 Å². The molecule has 1 aliphatic heterocycles. The third kappa shape index (κ3) is 3.34. The number of ether oxygens (including phenoxy) is 2. The maximum Gasteiger partial charge on any atom is 0.197 e. The van der Waals surface area contributed by atoms with Crippen molar-refractivity contribution in [3.05, 3.63) is 63.6 Å². The summed E-state index contributed by atoms with van der Waals surface area (Å²) in [6.07, 6.45) is 0.158. The van der Waals surface area contributed by atoms with E-state index in [4.69, 9.17) is 9.47 Å². The first-order valence-corrected chi connectivity index (χ1v) is 7.59. The van der Waals surface area contributed by atoms with Crippen LogP contribution in [0.4, 0.5) is 0 Å². The second kappa shape index (κ2) is 6.00. The molecule has 1 atom stereocenters. The summed E-state index contributed by atoms with van der Waals surface area (Å²) < 4.78 is 11.6. The molecule has 0 spiro atoms. The molecular formula is C17H15BrO3. The van der Waals surface area contributed by atoms with E-state index in [1.807, 2.05) is 49.4 Å². The molecule has 1 heterocycles. The lowest BCUT2D eigenvalue weighted by molar-refractivity contribution is 0.103. The molecule has 0 radical (unpaired) electrons. The summed E-state index contributed by atoms with van der Waals surface area (Å²) in [6, 6.07) is 13.1. The number of hydrogen-bond donors (Lipinski definition) is 0. The number of rotatable bonds is 5. The van der Waals surface area contributed by atoms with E-state index in [2.05, 4.69) is 15.9 Å². The highest BCUT2D eigenvalue weighted by Gasteiger charge is 2.25. The van der Waals surface area contributed by atoms with E-state index in [0.717, 1.165) is 16.6 Å². The van der Waals surface area contributed by atoms with Crippen molar-refractivity contribution in [1.82, 2.24) is 0 Å². The number of carbonyl (C=O) groups is 1. The summed E-state index contributed by atoms with van der Waals surface area (Å²) in [5.74, 6) is 0.546. The quantitative estimate of drug-likeness (QED) is 0.611. The van der Waals surface area contributed by atoms with E-state index < -0.39 is 0 Å². The van der Waals surface area contributed by atoms with Crippen LogP contribution < -0.4 is 4.74 Å². The molecular weight excluding hydrogens is 332 g/mol. The standard InChI is InChI=1S/C17H15BrO3/c1-11-4-2-5-12(8-11)17(19)16-14(18)6-3-7-15(16)21-10-13-9-20-13/h2-8,13H,9-10H2,1H3. The lowest BCUT2D eigenvalue weighted by Crippen LogP contribution is -2.10. The smallest absolute Gasteiger partial charge is 0.197 e. The van der Waals surface area contributed by atoms with Crippen LogP contribution in [0.25, 0.3) is 0 Å². The Morgan fingerprint density at radius 3 is 2.81 bits per heavy atom. The first-order chi connectivity index (χ1) is 10.1. The van der Waals surface area contributed by atoms with Crippen molar-refractivity contribution < 1.29 is 14.3 Å². The van der Waals surface area contributed by atoms with Gasteiger partial charge in [0.1, 0.15) is 18.5 Å². The van der Waals surface area contributed by atoms with Crippen molar-refractivity contribution >= 4 is 21.7 Å². The summed E-state index contributed by atoms with van der Waals surface area (Å²) >= 11 is 3.45. The van der Waals surface area contributed by atoms with Gasteiger partial charge < -0.3 is 9.47 Å². The van der Waals surface area contributed by atoms with Crippen molar-refractivity contribution in [2.45, 2.75) is 13.0 Å². The summed E-state index contributed by atoms with van der Waals surface area (Å²) in [7, 11) is 0. The molecule has 2 aromatic rings. The Morgan fingerprint density at radius 1 is 1.33 bits per heavy atom. The monoisotopic (exact) mass is 346 g/mol. The third-order valence-electron chi connectivity index (χ3n) is 3.31. The van der Waals surface area contributed by atoms with E-state index in [9.17, 15) is 4.79 Å². The zero-order valence-electron chi connectivity index (χ0n) is 11.6. The van der Waals surface area contributed by atoms with Crippen molar-refractivity contribution in [2.24, 2.45) is 0 Å². The summed E-state index contributed by atoms with van der Waals surface area (Å²) in [5.41, 5.74) is 2.28. The lowest BCUT2D eigenvalue weighted by atomic mass is 10.0. The number of hydrogen-bond acceptors (Lipinski definition) is 3. The molecule has 0 amide bonds. The summed E-state index contributed by atoms with van der Waals surface area (Å²) in [5, 5.41) is 0. The first-order valence-electron chi connectivity index (χ1n) is 6.79. The Bertz CT molecular complexity index is 677. The Labute approximate surface area is 132 Å². The maximum atomic E-state index is 12.8. The second-order valence-electron chi connectivity index (χ2n) is 5.08. The number of benzene rings is 2. The molecule has 21 heavy (non-hydrogen) atoms. The lowest BCUT2D eigenvalue weighted by Gasteiger charge is -2.12. The molecule has 1 unspecified atom stereocenters. The average molecular weight is 347 g/mol. The minimum absolute atomic E-state index is 0.0436. The van der Waals surface area contributed by atoms with Crippen LogP contribution in [0.2, 0.25) is 0 Å². The molecule has 108 valence electrons. The number of ketones is 1. The molecule has 1 fully saturated rings. The van der Waals surface area contributed by atoms with Crippen molar-refractivity contribution in [2.75, 3.05) is 13.2 Å². The molecule has 3 nitrogen and oxygen atoms in total. The Balaban J connectivity index is 1.93. The molecule has 2 aromatic carbocycles. The van der Waals surface area contributed by atoms with Crippen LogP contribution in [0.3, 0.4) is 0 Å². The Kier molecular flexibility index (Phi) is 4.08. The molecule has 4 heteroatoms. The zero-order valence-corrected chi connectivity index (χ0v) is 13.2. The molecule has 3 rings (SSSR count). The van der Waals surface area contributed by atoms with Gasteiger partial charge in [0.05, 0.1) is 12.2 Å². The van der Waals surface area contributed by atoms with Crippen molar-refractivity contribution in [3.8, 4) is 5.75 Å². The van der Waals surface area contributed by atoms with Crippen LogP contribution in [0.15, 0.2) is 46.9 Å². The Hall–Kier alpha value is -1.65. The predicted octanol–water partition coefficient (Wildman–Crippen LogP) is 3.77. The predicted molar refractivity (Wildman–Crippen MR) is 84.0 cm³/mol. The second-order valence-corrected chi connectivity index (χ2v) is 5.93. The fourth-order valence-corrected chi connectivity index (χ4v) is 2.65. The van der Waals surface area contributed by atoms with Crippen molar-refractivity contribution in [3.63, 3.8) is 0 Å². The normalized spacial score (nSPS) is 16.6. The van der Waals surface area contributed by atoms with Crippen LogP contribution in [-0.2, 0) is 4.74 Å². The highest BCUT2D eigenvalue weighted by molar-refractivity contribution is 9.10. The van der Waals surface area contributed by atoms with Gasteiger partial charge in [-0.2, -0.15) is 0 Å². The summed E-state index contributed by atoms with van der Waals surface area (Å²) in [6.45, 7) is 3.18. The largest absolute Gasteiger partial charge is 0.490 e. The minimum atomic E-state index is -0.0436. The topological polar surface area (TPSA) is 38.8 Å². The number of aryl methyl sites for hydroxylation is 1. The molecule has 1 aliphatic rings. The highest BCUT2D eigenvalue weighted by atomic mass is 79.9. The van der Waals surface area contributed by atoms with Gasteiger partial charge in [0.15, 0.2) is 5.78 Å². The molecule has 0 bridgehead atoms. The van der Waals surface area contributed by atoms with E-state index in [1.165, 1.54) is 0 Å². The van der Waals surface area contributed by atoms with Crippen LogP contribution in [-0.4, -0.2) is 25.1 Å². The molecule has 1 saturated heterocycles. The Morgan fingerprint density at radius 2 is 2.10 bits per heavy atom. The number of carbonyl (C=O) groups excluding carboxylic acids is 1. The fourth-order valence-electron chi connectivity index (χ4n) is 2.12. The van der Waals surface area contributed by atoms with Crippen LogP contribution in [0.5, 0.6) is 5.75 Å². The van der Waals surface area contributed by atoms with Gasteiger partial charge in [-0.05, 0) is 41.1 Å². The van der Waals surface area contributed by atoms with E-state index in [-0.39, 0.29) is 11.9 Å². The SMILES string of the molecule is Cc1cccc(C(=O)c2c(Br)cccc2OCC2CO2)c1. The fraction of sp³-hybridized carbons (Fsp3) is 0.235.